The summed E-state index contributed by atoms with van der Waals surface area (Å²) in [7, 11) is 0. The van der Waals surface area contributed by atoms with Gasteiger partial charge in [-0.2, -0.15) is 0 Å². The van der Waals surface area contributed by atoms with Gasteiger partial charge in [0.15, 0.2) is 0 Å². The van der Waals surface area contributed by atoms with Gasteiger partial charge in [0.05, 0.1) is 12.2 Å². The van der Waals surface area contributed by atoms with Crippen molar-refractivity contribution in [2.24, 2.45) is 5.92 Å². The smallest absolute Gasteiger partial charge is 0.341 e. The SMILES string of the molecule is CCOC(=O)c1c(NC(=O)CCl)sc2c1CCC(CC)C2. The van der Waals surface area contributed by atoms with Crippen molar-refractivity contribution in [3.63, 3.8) is 0 Å². The van der Waals surface area contributed by atoms with E-state index in [9.17, 15) is 9.59 Å². The van der Waals surface area contributed by atoms with E-state index in [0.717, 1.165) is 31.2 Å². The van der Waals surface area contributed by atoms with Crippen molar-refractivity contribution in [1.29, 1.82) is 0 Å². The van der Waals surface area contributed by atoms with Gasteiger partial charge in [-0.15, -0.1) is 22.9 Å². The number of thiophene rings is 1. The van der Waals surface area contributed by atoms with Crippen LogP contribution in [0.25, 0.3) is 0 Å². The minimum atomic E-state index is -0.352. The lowest BCUT2D eigenvalue weighted by molar-refractivity contribution is -0.113. The van der Waals surface area contributed by atoms with Crippen LogP contribution in [0.15, 0.2) is 0 Å². The number of rotatable bonds is 5. The molecule has 4 nitrogen and oxygen atoms in total. The molecule has 1 heterocycles. The molecule has 0 fully saturated rings. The number of anilines is 1. The molecular weight excluding hydrogens is 310 g/mol. The van der Waals surface area contributed by atoms with E-state index in [1.807, 2.05) is 0 Å². The van der Waals surface area contributed by atoms with Crippen LogP contribution < -0.4 is 5.32 Å². The van der Waals surface area contributed by atoms with Crippen molar-refractivity contribution in [3.05, 3.63) is 16.0 Å². The van der Waals surface area contributed by atoms with Gasteiger partial charge >= 0.3 is 5.97 Å². The Morgan fingerprint density at radius 2 is 2.19 bits per heavy atom. The van der Waals surface area contributed by atoms with Crippen LogP contribution in [0, 0.1) is 5.92 Å². The van der Waals surface area contributed by atoms with E-state index >= 15 is 0 Å². The van der Waals surface area contributed by atoms with Gasteiger partial charge in [0.1, 0.15) is 10.9 Å². The average Bonchev–Trinajstić information content (AvgIpc) is 2.83. The zero-order valence-electron chi connectivity index (χ0n) is 12.3. The molecule has 1 aromatic heterocycles. The number of alkyl halides is 1. The van der Waals surface area contributed by atoms with Crippen molar-refractivity contribution >= 4 is 39.8 Å². The molecule has 0 saturated heterocycles. The summed E-state index contributed by atoms with van der Waals surface area (Å²) in [4.78, 5) is 25.0. The number of carbonyl (C=O) groups excluding carboxylic acids is 2. The van der Waals surface area contributed by atoms with Gasteiger partial charge in [-0.3, -0.25) is 4.79 Å². The highest BCUT2D eigenvalue weighted by molar-refractivity contribution is 7.17. The molecule has 21 heavy (non-hydrogen) atoms. The number of carbonyl (C=O) groups is 2. The third-order valence-corrected chi connectivity index (χ3v) is 5.21. The molecular formula is C15H20ClNO3S. The largest absolute Gasteiger partial charge is 0.462 e. The topological polar surface area (TPSA) is 55.4 Å². The molecule has 6 heteroatoms. The van der Waals surface area contributed by atoms with Gasteiger partial charge in [-0.25, -0.2) is 4.79 Å². The Balaban J connectivity index is 2.37. The van der Waals surface area contributed by atoms with Gasteiger partial charge in [0.25, 0.3) is 0 Å². The zero-order chi connectivity index (χ0) is 15.4. The summed E-state index contributed by atoms with van der Waals surface area (Å²) in [6.45, 7) is 4.29. The van der Waals surface area contributed by atoms with Crippen LogP contribution in [-0.2, 0) is 22.4 Å². The zero-order valence-corrected chi connectivity index (χ0v) is 13.9. The number of hydrogen-bond donors (Lipinski definition) is 1. The van der Waals surface area contributed by atoms with Gasteiger partial charge in [-0.1, -0.05) is 13.3 Å². The minimum absolute atomic E-state index is 0.123. The standard InChI is InChI=1S/C15H20ClNO3S/c1-3-9-5-6-10-11(7-9)21-14(17-12(18)8-16)13(10)15(19)20-4-2/h9H,3-8H2,1-2H3,(H,17,18). The van der Waals surface area contributed by atoms with E-state index in [1.54, 1.807) is 6.92 Å². The monoisotopic (exact) mass is 329 g/mol. The molecule has 1 aliphatic rings. The number of halogens is 1. The maximum absolute atomic E-state index is 12.2. The van der Waals surface area contributed by atoms with Crippen molar-refractivity contribution in [3.8, 4) is 0 Å². The van der Waals surface area contributed by atoms with Crippen LogP contribution in [0.4, 0.5) is 5.00 Å². The Bertz CT molecular complexity index is 541. The summed E-state index contributed by atoms with van der Waals surface area (Å²) in [5.41, 5.74) is 1.58. The average molecular weight is 330 g/mol. The first kappa shape index (κ1) is 16.3. The summed E-state index contributed by atoms with van der Waals surface area (Å²) >= 11 is 7.03. The lowest BCUT2D eigenvalue weighted by Crippen LogP contribution is -2.17. The second-order valence-corrected chi connectivity index (χ2v) is 6.50. The molecule has 1 atom stereocenters. The molecule has 1 unspecified atom stereocenters. The Morgan fingerprint density at radius 1 is 1.43 bits per heavy atom. The predicted octanol–water partition coefficient (Wildman–Crippen LogP) is 3.62. The Hall–Kier alpha value is -1.07. The Morgan fingerprint density at radius 3 is 2.81 bits per heavy atom. The van der Waals surface area contributed by atoms with Crippen LogP contribution >= 0.6 is 22.9 Å². The van der Waals surface area contributed by atoms with Crippen molar-refractivity contribution < 1.29 is 14.3 Å². The van der Waals surface area contributed by atoms with Gasteiger partial charge in [-0.05, 0) is 37.7 Å². The van der Waals surface area contributed by atoms with Crippen molar-refractivity contribution in [2.75, 3.05) is 17.8 Å². The molecule has 0 radical (unpaired) electrons. The van der Waals surface area contributed by atoms with Crippen LogP contribution in [0.5, 0.6) is 0 Å². The Labute approximate surface area is 133 Å². The van der Waals surface area contributed by atoms with Crippen LogP contribution in [0.1, 0.15) is 47.5 Å². The normalized spacial score (nSPS) is 17.2. The summed E-state index contributed by atoms with van der Waals surface area (Å²) < 4.78 is 5.14. The van der Waals surface area contributed by atoms with Gasteiger partial charge in [0, 0.05) is 4.88 Å². The summed E-state index contributed by atoms with van der Waals surface area (Å²) in [6, 6.07) is 0. The molecule has 0 saturated carbocycles. The fraction of sp³-hybridized carbons (Fsp3) is 0.600. The lowest BCUT2D eigenvalue weighted by Gasteiger charge is -2.20. The van der Waals surface area contributed by atoms with Crippen molar-refractivity contribution in [1.82, 2.24) is 0 Å². The van der Waals surface area contributed by atoms with Crippen LogP contribution in [0.3, 0.4) is 0 Å². The molecule has 0 aliphatic heterocycles. The highest BCUT2D eigenvalue weighted by Gasteiger charge is 2.29. The lowest BCUT2D eigenvalue weighted by atomic mass is 9.85. The van der Waals surface area contributed by atoms with Crippen LogP contribution in [0.2, 0.25) is 0 Å². The first-order valence-electron chi connectivity index (χ1n) is 7.28. The maximum Gasteiger partial charge on any atom is 0.341 e. The van der Waals surface area contributed by atoms with Crippen molar-refractivity contribution in [2.45, 2.75) is 39.5 Å². The van der Waals surface area contributed by atoms with E-state index in [1.165, 1.54) is 16.2 Å². The molecule has 0 aromatic carbocycles. The first-order chi connectivity index (χ1) is 10.1. The third-order valence-electron chi connectivity index (χ3n) is 3.80. The summed E-state index contributed by atoms with van der Waals surface area (Å²) in [5, 5.41) is 3.32. The molecule has 0 spiro atoms. The number of hydrogen-bond acceptors (Lipinski definition) is 4. The van der Waals surface area contributed by atoms with E-state index in [4.69, 9.17) is 16.3 Å². The number of ether oxygens (including phenoxy) is 1. The van der Waals surface area contributed by atoms with Crippen LogP contribution in [-0.4, -0.2) is 24.4 Å². The second kappa shape index (κ2) is 7.27. The second-order valence-electron chi connectivity index (χ2n) is 5.13. The number of nitrogens with one attached hydrogen (secondary N) is 1. The quantitative estimate of drug-likeness (QED) is 0.663. The number of fused-ring (bicyclic) bond motifs is 1. The predicted molar refractivity (Wildman–Crippen MR) is 85.4 cm³/mol. The molecule has 1 N–H and O–H groups in total. The summed E-state index contributed by atoms with van der Waals surface area (Å²) in [6.07, 6.45) is 4.06. The molecule has 1 aliphatic carbocycles. The highest BCUT2D eigenvalue weighted by atomic mass is 35.5. The van der Waals surface area contributed by atoms with E-state index < -0.39 is 0 Å². The molecule has 116 valence electrons. The van der Waals surface area contributed by atoms with E-state index in [-0.39, 0.29) is 17.8 Å². The van der Waals surface area contributed by atoms with Gasteiger partial charge in [0.2, 0.25) is 5.91 Å². The minimum Gasteiger partial charge on any atom is -0.462 e. The fourth-order valence-electron chi connectivity index (χ4n) is 2.67. The molecule has 1 amide bonds. The molecule has 1 aromatic rings. The van der Waals surface area contributed by atoms with E-state index in [2.05, 4.69) is 12.2 Å². The first-order valence-corrected chi connectivity index (χ1v) is 8.63. The Kier molecular flexibility index (Phi) is 5.65. The highest BCUT2D eigenvalue weighted by Crippen LogP contribution is 2.40. The summed E-state index contributed by atoms with van der Waals surface area (Å²) in [5.74, 6) is -0.118. The van der Waals surface area contributed by atoms with E-state index in [0.29, 0.717) is 23.1 Å². The number of esters is 1. The number of amides is 1. The maximum atomic E-state index is 12.2. The third kappa shape index (κ3) is 3.58. The fourth-order valence-corrected chi connectivity index (χ4v) is 4.10. The van der Waals surface area contributed by atoms with Gasteiger partial charge < -0.3 is 10.1 Å². The molecule has 0 bridgehead atoms. The molecule has 2 rings (SSSR count).